The number of methoxy groups -OCH3 is 2. The van der Waals surface area contributed by atoms with Gasteiger partial charge in [-0.05, 0) is 12.1 Å². The van der Waals surface area contributed by atoms with Gasteiger partial charge in [0.05, 0.1) is 19.8 Å². The largest absolute Gasteiger partial charge is 0.507 e. The standard InChI is InChI=1S/C11H15NO3/c1-14-10-6-5-9(13)8(4-3-7-12)11(10)15-2/h3-6,13H,7,12H2,1-2H3/b4-3+. The molecule has 0 atom stereocenters. The van der Waals surface area contributed by atoms with E-state index in [2.05, 4.69) is 0 Å². The number of phenols is 1. The van der Waals surface area contributed by atoms with Crippen LogP contribution in [-0.2, 0) is 0 Å². The molecular formula is C11H15NO3. The highest BCUT2D eigenvalue weighted by molar-refractivity contribution is 5.68. The number of ether oxygens (including phenoxy) is 2. The Bertz CT molecular complexity index is 361. The third kappa shape index (κ3) is 2.41. The molecule has 82 valence electrons. The molecule has 0 bridgehead atoms. The molecule has 0 aliphatic carbocycles. The van der Waals surface area contributed by atoms with Crippen LogP contribution >= 0.6 is 0 Å². The van der Waals surface area contributed by atoms with Gasteiger partial charge in [0.1, 0.15) is 5.75 Å². The fraction of sp³-hybridized carbons (Fsp3) is 0.273. The SMILES string of the molecule is COc1ccc(O)c(/C=C/CN)c1OC. The molecule has 0 saturated heterocycles. The summed E-state index contributed by atoms with van der Waals surface area (Å²) in [4.78, 5) is 0. The van der Waals surface area contributed by atoms with Crippen molar-refractivity contribution < 1.29 is 14.6 Å². The molecule has 0 aliphatic rings. The topological polar surface area (TPSA) is 64.7 Å². The van der Waals surface area contributed by atoms with Crippen molar-refractivity contribution in [3.8, 4) is 17.2 Å². The van der Waals surface area contributed by atoms with Crippen LogP contribution in [0.5, 0.6) is 17.2 Å². The van der Waals surface area contributed by atoms with Crippen molar-refractivity contribution >= 4 is 6.08 Å². The number of phenolic OH excluding ortho intramolecular Hbond substituents is 1. The van der Waals surface area contributed by atoms with Gasteiger partial charge >= 0.3 is 0 Å². The first kappa shape index (κ1) is 11.4. The maximum absolute atomic E-state index is 9.64. The van der Waals surface area contributed by atoms with Crippen molar-refractivity contribution in [2.75, 3.05) is 20.8 Å². The Labute approximate surface area is 88.9 Å². The molecule has 1 rings (SSSR count). The van der Waals surface area contributed by atoms with Gasteiger partial charge in [0, 0.05) is 6.54 Å². The molecule has 4 nitrogen and oxygen atoms in total. The predicted molar refractivity (Wildman–Crippen MR) is 59.3 cm³/mol. The fourth-order valence-corrected chi connectivity index (χ4v) is 1.29. The van der Waals surface area contributed by atoms with E-state index in [1.165, 1.54) is 7.11 Å². The number of rotatable bonds is 4. The van der Waals surface area contributed by atoms with Gasteiger partial charge in [-0.15, -0.1) is 0 Å². The highest BCUT2D eigenvalue weighted by Gasteiger charge is 2.11. The molecule has 4 heteroatoms. The Kier molecular flexibility index (Phi) is 4.00. The number of hydrogen-bond acceptors (Lipinski definition) is 4. The first-order valence-corrected chi connectivity index (χ1v) is 4.55. The van der Waals surface area contributed by atoms with Gasteiger partial charge < -0.3 is 20.3 Å². The van der Waals surface area contributed by atoms with Gasteiger partial charge in [0.15, 0.2) is 11.5 Å². The average molecular weight is 209 g/mol. The van der Waals surface area contributed by atoms with Gasteiger partial charge in [-0.25, -0.2) is 0 Å². The third-order valence-electron chi connectivity index (χ3n) is 1.98. The highest BCUT2D eigenvalue weighted by atomic mass is 16.5. The lowest BCUT2D eigenvalue weighted by Gasteiger charge is -2.11. The Morgan fingerprint density at radius 2 is 2.07 bits per heavy atom. The molecule has 0 aromatic heterocycles. The lowest BCUT2D eigenvalue weighted by Crippen LogP contribution is -1.95. The number of benzene rings is 1. The van der Waals surface area contributed by atoms with Crippen molar-refractivity contribution in [1.29, 1.82) is 0 Å². The number of hydrogen-bond donors (Lipinski definition) is 2. The molecule has 0 spiro atoms. The molecule has 0 fully saturated rings. The molecule has 0 unspecified atom stereocenters. The Hall–Kier alpha value is -1.68. The molecule has 15 heavy (non-hydrogen) atoms. The van der Waals surface area contributed by atoms with E-state index < -0.39 is 0 Å². The molecule has 0 saturated carbocycles. The van der Waals surface area contributed by atoms with E-state index in [0.717, 1.165) is 0 Å². The van der Waals surface area contributed by atoms with E-state index in [4.69, 9.17) is 15.2 Å². The van der Waals surface area contributed by atoms with E-state index in [1.807, 2.05) is 0 Å². The van der Waals surface area contributed by atoms with Gasteiger partial charge in [-0.3, -0.25) is 0 Å². The normalized spacial score (nSPS) is 10.6. The summed E-state index contributed by atoms with van der Waals surface area (Å²) in [6, 6.07) is 3.20. The highest BCUT2D eigenvalue weighted by Crippen LogP contribution is 2.37. The lowest BCUT2D eigenvalue weighted by atomic mass is 10.1. The first-order chi connectivity index (χ1) is 7.24. The zero-order valence-electron chi connectivity index (χ0n) is 8.86. The molecule has 1 aromatic rings. The van der Waals surface area contributed by atoms with Crippen molar-refractivity contribution in [3.05, 3.63) is 23.8 Å². The van der Waals surface area contributed by atoms with Crippen LogP contribution in [0.25, 0.3) is 6.08 Å². The number of nitrogens with two attached hydrogens (primary N) is 1. The second-order valence-electron chi connectivity index (χ2n) is 2.87. The average Bonchev–Trinajstić information content (AvgIpc) is 2.27. The summed E-state index contributed by atoms with van der Waals surface area (Å²) in [5.74, 6) is 1.21. The van der Waals surface area contributed by atoms with Gasteiger partial charge in [0.25, 0.3) is 0 Å². The maximum Gasteiger partial charge on any atom is 0.171 e. The second-order valence-corrected chi connectivity index (χ2v) is 2.87. The van der Waals surface area contributed by atoms with Crippen LogP contribution in [0.2, 0.25) is 0 Å². The Balaban J connectivity index is 3.25. The molecule has 0 aliphatic heterocycles. The molecule has 0 heterocycles. The smallest absolute Gasteiger partial charge is 0.171 e. The zero-order chi connectivity index (χ0) is 11.3. The van der Waals surface area contributed by atoms with Crippen LogP contribution < -0.4 is 15.2 Å². The van der Waals surface area contributed by atoms with Crippen LogP contribution in [0.1, 0.15) is 5.56 Å². The van der Waals surface area contributed by atoms with Gasteiger partial charge in [-0.2, -0.15) is 0 Å². The quantitative estimate of drug-likeness (QED) is 0.786. The van der Waals surface area contributed by atoms with E-state index in [0.29, 0.717) is 23.6 Å². The fourth-order valence-electron chi connectivity index (χ4n) is 1.29. The zero-order valence-corrected chi connectivity index (χ0v) is 8.86. The summed E-state index contributed by atoms with van der Waals surface area (Å²) in [7, 11) is 3.07. The first-order valence-electron chi connectivity index (χ1n) is 4.55. The molecular weight excluding hydrogens is 194 g/mol. The molecule has 1 aromatic carbocycles. The monoisotopic (exact) mass is 209 g/mol. The van der Waals surface area contributed by atoms with E-state index in [-0.39, 0.29) is 5.75 Å². The minimum atomic E-state index is 0.136. The summed E-state index contributed by atoms with van der Waals surface area (Å²) in [5, 5.41) is 9.64. The van der Waals surface area contributed by atoms with Gasteiger partial charge in [0.2, 0.25) is 0 Å². The summed E-state index contributed by atoms with van der Waals surface area (Å²) < 4.78 is 10.3. The van der Waals surface area contributed by atoms with Crippen molar-refractivity contribution in [2.24, 2.45) is 5.73 Å². The Morgan fingerprint density at radius 1 is 1.33 bits per heavy atom. The van der Waals surface area contributed by atoms with Crippen LogP contribution in [0.15, 0.2) is 18.2 Å². The Morgan fingerprint density at radius 3 is 2.60 bits per heavy atom. The summed E-state index contributed by atoms with van der Waals surface area (Å²) in [6.07, 6.45) is 3.44. The van der Waals surface area contributed by atoms with Crippen LogP contribution in [0.3, 0.4) is 0 Å². The van der Waals surface area contributed by atoms with Crippen LogP contribution in [0, 0.1) is 0 Å². The summed E-state index contributed by atoms with van der Waals surface area (Å²) >= 11 is 0. The van der Waals surface area contributed by atoms with Crippen molar-refractivity contribution in [3.63, 3.8) is 0 Å². The van der Waals surface area contributed by atoms with E-state index in [1.54, 1.807) is 31.4 Å². The minimum Gasteiger partial charge on any atom is -0.507 e. The van der Waals surface area contributed by atoms with Crippen molar-refractivity contribution in [1.82, 2.24) is 0 Å². The van der Waals surface area contributed by atoms with Crippen molar-refractivity contribution in [2.45, 2.75) is 0 Å². The molecule has 0 radical (unpaired) electrons. The van der Waals surface area contributed by atoms with Crippen LogP contribution in [-0.4, -0.2) is 25.9 Å². The second kappa shape index (κ2) is 5.26. The third-order valence-corrected chi connectivity index (χ3v) is 1.98. The lowest BCUT2D eigenvalue weighted by molar-refractivity contribution is 0.350. The summed E-state index contributed by atoms with van der Waals surface area (Å²) in [6.45, 7) is 0.403. The molecule has 0 amide bonds. The van der Waals surface area contributed by atoms with Gasteiger partial charge in [-0.1, -0.05) is 12.2 Å². The van der Waals surface area contributed by atoms with Crippen LogP contribution in [0.4, 0.5) is 0 Å². The summed E-state index contributed by atoms with van der Waals surface area (Å²) in [5.41, 5.74) is 5.92. The minimum absolute atomic E-state index is 0.136. The maximum atomic E-state index is 9.64. The number of aromatic hydroxyl groups is 1. The predicted octanol–water partition coefficient (Wildman–Crippen LogP) is 1.38. The van der Waals surface area contributed by atoms with E-state index >= 15 is 0 Å². The molecule has 3 N–H and O–H groups in total. The van der Waals surface area contributed by atoms with E-state index in [9.17, 15) is 5.11 Å².